The van der Waals surface area contributed by atoms with E-state index in [9.17, 15) is 4.79 Å². The van der Waals surface area contributed by atoms with Crippen LogP contribution in [-0.4, -0.2) is 56.1 Å². The van der Waals surface area contributed by atoms with Crippen LogP contribution >= 0.6 is 12.4 Å². The van der Waals surface area contributed by atoms with Gasteiger partial charge in [-0.2, -0.15) is 5.10 Å². The summed E-state index contributed by atoms with van der Waals surface area (Å²) in [5.41, 5.74) is 2.83. The highest BCUT2D eigenvalue weighted by molar-refractivity contribution is 6.00. The predicted molar refractivity (Wildman–Crippen MR) is 120 cm³/mol. The van der Waals surface area contributed by atoms with E-state index in [1.54, 1.807) is 25.1 Å². The smallest absolute Gasteiger partial charge is 0.255 e. The number of nitrogens with one attached hydrogen (secondary N) is 2. The molecule has 1 aromatic heterocycles. The van der Waals surface area contributed by atoms with E-state index in [-0.39, 0.29) is 18.3 Å². The zero-order chi connectivity index (χ0) is 20.5. The standard InChI is InChI=1S/C22H26N4O3.ClH/c1-28-14-13-23-11-12-24-22(27)20-16-26(18-8-4-3-5-9-18)25-21(20)17-7-6-10-19(15-17)29-2;/h3-10,15-16,23H,11-14H2,1-2H3,(H,24,27);1H. The largest absolute Gasteiger partial charge is 0.497 e. The Morgan fingerprint density at radius 2 is 1.83 bits per heavy atom. The molecule has 2 N–H and O–H groups in total. The van der Waals surface area contributed by atoms with Crippen LogP contribution in [0.1, 0.15) is 10.4 Å². The van der Waals surface area contributed by atoms with Crippen molar-refractivity contribution in [2.45, 2.75) is 0 Å². The number of rotatable bonds is 10. The van der Waals surface area contributed by atoms with Gasteiger partial charge in [0.15, 0.2) is 0 Å². The molecule has 0 fully saturated rings. The van der Waals surface area contributed by atoms with Gasteiger partial charge in [-0.1, -0.05) is 30.3 Å². The van der Waals surface area contributed by atoms with Crippen LogP contribution in [0, 0.1) is 0 Å². The number of carbonyl (C=O) groups excluding carboxylic acids is 1. The van der Waals surface area contributed by atoms with Gasteiger partial charge in [-0.15, -0.1) is 12.4 Å². The fourth-order valence-corrected chi connectivity index (χ4v) is 2.90. The summed E-state index contributed by atoms with van der Waals surface area (Å²) in [5, 5.41) is 10.8. The molecule has 30 heavy (non-hydrogen) atoms. The Labute approximate surface area is 182 Å². The van der Waals surface area contributed by atoms with Crippen LogP contribution in [-0.2, 0) is 4.74 Å². The molecule has 0 spiro atoms. The Morgan fingerprint density at radius 1 is 1.03 bits per heavy atom. The lowest BCUT2D eigenvalue weighted by atomic mass is 10.1. The predicted octanol–water partition coefficient (Wildman–Crippen LogP) is 2.94. The second kappa shape index (κ2) is 12.0. The number of hydrogen-bond donors (Lipinski definition) is 2. The molecule has 0 atom stereocenters. The van der Waals surface area contributed by atoms with Crippen molar-refractivity contribution >= 4 is 18.3 Å². The molecule has 0 radical (unpaired) electrons. The average Bonchev–Trinajstić information content (AvgIpc) is 3.22. The van der Waals surface area contributed by atoms with Crippen molar-refractivity contribution in [2.75, 3.05) is 40.5 Å². The maximum absolute atomic E-state index is 12.9. The molecule has 7 nitrogen and oxygen atoms in total. The zero-order valence-corrected chi connectivity index (χ0v) is 17.9. The van der Waals surface area contributed by atoms with Crippen LogP contribution in [0.4, 0.5) is 0 Å². The quantitative estimate of drug-likeness (QED) is 0.483. The summed E-state index contributed by atoms with van der Waals surface area (Å²) < 4.78 is 12.0. The molecule has 0 aliphatic carbocycles. The first-order valence-corrected chi connectivity index (χ1v) is 9.50. The third-order valence-electron chi connectivity index (χ3n) is 4.39. The molecular weight excluding hydrogens is 404 g/mol. The fourth-order valence-electron chi connectivity index (χ4n) is 2.90. The highest BCUT2D eigenvalue weighted by Gasteiger charge is 2.18. The molecule has 3 aromatic rings. The van der Waals surface area contributed by atoms with Crippen molar-refractivity contribution in [3.8, 4) is 22.7 Å². The zero-order valence-electron chi connectivity index (χ0n) is 17.1. The number of carbonyl (C=O) groups is 1. The van der Waals surface area contributed by atoms with Crippen molar-refractivity contribution in [1.29, 1.82) is 0 Å². The molecule has 2 aromatic carbocycles. The lowest BCUT2D eigenvalue weighted by molar-refractivity contribution is 0.0954. The minimum absolute atomic E-state index is 0. The van der Waals surface area contributed by atoms with Gasteiger partial charge in [-0.3, -0.25) is 4.79 Å². The number of ether oxygens (including phenoxy) is 2. The van der Waals surface area contributed by atoms with Gasteiger partial charge in [0.2, 0.25) is 0 Å². The van der Waals surface area contributed by atoms with E-state index in [2.05, 4.69) is 15.7 Å². The second-order valence-electron chi connectivity index (χ2n) is 6.40. The van der Waals surface area contributed by atoms with Gasteiger partial charge in [0.05, 0.1) is 25.0 Å². The molecule has 0 unspecified atom stereocenters. The maximum atomic E-state index is 12.9. The van der Waals surface area contributed by atoms with Crippen molar-refractivity contribution in [2.24, 2.45) is 0 Å². The van der Waals surface area contributed by atoms with Crippen molar-refractivity contribution in [3.63, 3.8) is 0 Å². The Morgan fingerprint density at radius 3 is 2.57 bits per heavy atom. The van der Waals surface area contributed by atoms with Crippen LogP contribution in [0.2, 0.25) is 0 Å². The first kappa shape index (κ1) is 23.4. The molecule has 0 bridgehead atoms. The molecule has 0 aliphatic rings. The highest BCUT2D eigenvalue weighted by atomic mass is 35.5. The number of hydrogen-bond acceptors (Lipinski definition) is 5. The number of benzene rings is 2. The van der Waals surface area contributed by atoms with E-state index in [1.807, 2.05) is 54.6 Å². The van der Waals surface area contributed by atoms with Crippen molar-refractivity contribution in [3.05, 3.63) is 66.4 Å². The molecule has 1 heterocycles. The summed E-state index contributed by atoms with van der Waals surface area (Å²) in [6.45, 7) is 2.55. The Bertz CT molecular complexity index is 931. The Balaban J connectivity index is 0.00000320. The minimum Gasteiger partial charge on any atom is -0.497 e. The second-order valence-corrected chi connectivity index (χ2v) is 6.40. The van der Waals surface area contributed by atoms with Crippen molar-refractivity contribution in [1.82, 2.24) is 20.4 Å². The van der Waals surface area contributed by atoms with Gasteiger partial charge >= 0.3 is 0 Å². The molecular formula is C22H27ClN4O3. The topological polar surface area (TPSA) is 77.4 Å². The third kappa shape index (κ3) is 6.06. The lowest BCUT2D eigenvalue weighted by Gasteiger charge is -2.07. The SMILES string of the molecule is COCCNCCNC(=O)c1cn(-c2ccccc2)nc1-c1cccc(OC)c1.Cl. The van der Waals surface area contributed by atoms with Crippen LogP contribution in [0.15, 0.2) is 60.8 Å². The lowest BCUT2D eigenvalue weighted by Crippen LogP contribution is -2.33. The number of amides is 1. The summed E-state index contributed by atoms with van der Waals surface area (Å²) in [4.78, 5) is 12.9. The molecule has 1 amide bonds. The van der Waals surface area contributed by atoms with E-state index in [4.69, 9.17) is 9.47 Å². The van der Waals surface area contributed by atoms with Crippen molar-refractivity contribution < 1.29 is 14.3 Å². The van der Waals surface area contributed by atoms with Crippen LogP contribution < -0.4 is 15.4 Å². The normalized spacial score (nSPS) is 10.3. The number of nitrogens with zero attached hydrogens (tertiary/aromatic N) is 2. The molecule has 0 aliphatic heterocycles. The Hall–Kier alpha value is -2.87. The van der Waals surface area contributed by atoms with Gasteiger partial charge in [-0.05, 0) is 24.3 Å². The number of aromatic nitrogens is 2. The number of halogens is 1. The van der Waals surface area contributed by atoms with Crippen LogP contribution in [0.25, 0.3) is 16.9 Å². The van der Waals surface area contributed by atoms with Crippen LogP contribution in [0.5, 0.6) is 5.75 Å². The summed E-state index contributed by atoms with van der Waals surface area (Å²) in [7, 11) is 3.28. The highest BCUT2D eigenvalue weighted by Crippen LogP contribution is 2.26. The van der Waals surface area contributed by atoms with Gasteiger partial charge in [0.1, 0.15) is 11.4 Å². The number of para-hydroxylation sites is 1. The van der Waals surface area contributed by atoms with Gasteiger partial charge in [0, 0.05) is 38.5 Å². The van der Waals surface area contributed by atoms with Crippen LogP contribution in [0.3, 0.4) is 0 Å². The minimum atomic E-state index is -0.168. The maximum Gasteiger partial charge on any atom is 0.255 e. The molecule has 160 valence electrons. The monoisotopic (exact) mass is 430 g/mol. The average molecular weight is 431 g/mol. The van der Waals surface area contributed by atoms with Gasteiger partial charge in [0.25, 0.3) is 5.91 Å². The summed E-state index contributed by atoms with van der Waals surface area (Å²) in [6, 6.07) is 17.3. The van der Waals surface area contributed by atoms with E-state index >= 15 is 0 Å². The van der Waals surface area contributed by atoms with E-state index < -0.39 is 0 Å². The van der Waals surface area contributed by atoms with E-state index in [1.165, 1.54) is 0 Å². The first-order chi connectivity index (χ1) is 14.2. The van der Waals surface area contributed by atoms with Gasteiger partial charge < -0.3 is 20.1 Å². The summed E-state index contributed by atoms with van der Waals surface area (Å²) in [6.07, 6.45) is 1.76. The molecule has 3 rings (SSSR count). The fraction of sp³-hybridized carbons (Fsp3) is 0.273. The third-order valence-corrected chi connectivity index (χ3v) is 4.39. The van der Waals surface area contributed by atoms with Gasteiger partial charge in [-0.25, -0.2) is 4.68 Å². The Kier molecular flexibility index (Phi) is 9.34. The van der Waals surface area contributed by atoms with E-state index in [0.717, 1.165) is 17.8 Å². The summed E-state index contributed by atoms with van der Waals surface area (Å²) in [5.74, 6) is 0.545. The van der Waals surface area contributed by atoms with E-state index in [0.29, 0.717) is 36.7 Å². The summed E-state index contributed by atoms with van der Waals surface area (Å²) >= 11 is 0. The first-order valence-electron chi connectivity index (χ1n) is 9.50. The number of methoxy groups -OCH3 is 2. The molecule has 0 saturated heterocycles. The molecule has 0 saturated carbocycles. The molecule has 8 heteroatoms.